The number of ketones is 1. The molecule has 0 atom stereocenters. The molecule has 3 heteroatoms. The summed E-state index contributed by atoms with van der Waals surface area (Å²) in [7, 11) is 0. The van der Waals surface area contributed by atoms with Crippen LogP contribution in [0.4, 0.5) is 0 Å². The average molecular weight is 248 g/mol. The highest BCUT2D eigenvalue weighted by atomic mass is 16.1. The molecule has 2 aliphatic rings. The summed E-state index contributed by atoms with van der Waals surface area (Å²) in [6, 6.07) is 8.30. The van der Waals surface area contributed by atoms with Gasteiger partial charge in [0.1, 0.15) is 5.71 Å². The van der Waals surface area contributed by atoms with E-state index in [2.05, 4.69) is 27.8 Å². The number of aliphatic imine (C=N–C) groups is 1. The van der Waals surface area contributed by atoms with Crippen molar-refractivity contribution >= 4 is 28.1 Å². The zero-order valence-electron chi connectivity index (χ0n) is 10.6. The molecular weight excluding hydrogens is 236 g/mol. The molecule has 1 aromatic carbocycles. The average Bonchev–Trinajstić information content (AvgIpc) is 2.75. The van der Waals surface area contributed by atoms with Crippen molar-refractivity contribution < 1.29 is 4.79 Å². The van der Waals surface area contributed by atoms with Crippen molar-refractivity contribution in [1.29, 1.82) is 0 Å². The molecule has 2 heterocycles. The number of rotatable bonds is 0. The Bertz CT molecular complexity index is 818. The summed E-state index contributed by atoms with van der Waals surface area (Å²) in [5.41, 5.74) is 4.91. The lowest BCUT2D eigenvalue weighted by atomic mass is 10.0. The number of carbonyl (C=O) groups excluding carboxylic acids is 1. The van der Waals surface area contributed by atoms with Gasteiger partial charge in [0.2, 0.25) is 5.78 Å². The van der Waals surface area contributed by atoms with Crippen LogP contribution in [0.3, 0.4) is 0 Å². The van der Waals surface area contributed by atoms with Crippen LogP contribution in [0, 0.1) is 0 Å². The summed E-state index contributed by atoms with van der Waals surface area (Å²) >= 11 is 0. The lowest BCUT2D eigenvalue weighted by Crippen LogP contribution is -2.20. The van der Waals surface area contributed by atoms with Crippen molar-refractivity contribution in [3.63, 3.8) is 0 Å². The van der Waals surface area contributed by atoms with E-state index in [1.54, 1.807) is 6.08 Å². The second-order valence-electron chi connectivity index (χ2n) is 4.93. The first-order valence-electron chi connectivity index (χ1n) is 6.33. The zero-order chi connectivity index (χ0) is 13.0. The van der Waals surface area contributed by atoms with Gasteiger partial charge in [-0.05, 0) is 30.2 Å². The van der Waals surface area contributed by atoms with Gasteiger partial charge in [-0.2, -0.15) is 0 Å². The molecule has 1 aliphatic heterocycles. The molecule has 0 spiro atoms. The fourth-order valence-corrected chi connectivity index (χ4v) is 2.87. The van der Waals surface area contributed by atoms with Crippen LogP contribution in [0.2, 0.25) is 0 Å². The summed E-state index contributed by atoms with van der Waals surface area (Å²) in [5.74, 6) is -0.00439. The Morgan fingerprint density at radius 3 is 3.00 bits per heavy atom. The topological polar surface area (TPSA) is 34.4 Å². The maximum Gasteiger partial charge on any atom is 0.205 e. The Kier molecular flexibility index (Phi) is 1.96. The second kappa shape index (κ2) is 3.54. The van der Waals surface area contributed by atoms with E-state index in [0.717, 1.165) is 16.8 Å². The summed E-state index contributed by atoms with van der Waals surface area (Å²) in [6.07, 6.45) is 5.51. The number of nitrogens with zero attached hydrogens (tertiary/aromatic N) is 2. The number of carbonyl (C=O) groups is 1. The highest BCUT2D eigenvalue weighted by Gasteiger charge is 2.25. The number of para-hydroxylation sites is 1. The lowest BCUT2D eigenvalue weighted by Gasteiger charge is -2.15. The van der Waals surface area contributed by atoms with E-state index in [-0.39, 0.29) is 5.78 Å². The Hall–Kier alpha value is -2.42. The molecule has 4 rings (SSSR count). The maximum absolute atomic E-state index is 12.1. The minimum Gasteiger partial charge on any atom is -0.314 e. The van der Waals surface area contributed by atoms with E-state index in [4.69, 9.17) is 0 Å². The Morgan fingerprint density at radius 2 is 2.11 bits per heavy atom. The molecule has 0 fully saturated rings. The highest BCUT2D eigenvalue weighted by Crippen LogP contribution is 2.31. The van der Waals surface area contributed by atoms with E-state index in [0.29, 0.717) is 12.3 Å². The largest absolute Gasteiger partial charge is 0.314 e. The molecule has 0 bridgehead atoms. The molecular formula is C16H12N2O. The van der Waals surface area contributed by atoms with Gasteiger partial charge in [-0.15, -0.1) is 0 Å². The molecule has 0 saturated carbocycles. The standard InChI is InChI=1S/C16H12N2O/c1-10-5-6-13(19)14-15(10)18-8-7-11-3-2-4-12(9-17-14)16(11)18/h2-8H,9H2,1H3. The smallest absolute Gasteiger partial charge is 0.205 e. The van der Waals surface area contributed by atoms with Crippen LogP contribution in [0.5, 0.6) is 0 Å². The van der Waals surface area contributed by atoms with Crippen molar-refractivity contribution in [1.82, 2.24) is 4.57 Å². The van der Waals surface area contributed by atoms with E-state index in [9.17, 15) is 4.79 Å². The molecule has 92 valence electrons. The molecule has 0 unspecified atom stereocenters. The molecule has 2 aromatic rings. The Balaban J connectivity index is 2.16. The van der Waals surface area contributed by atoms with Gasteiger partial charge in [-0.1, -0.05) is 24.3 Å². The molecule has 1 aromatic heterocycles. The lowest BCUT2D eigenvalue weighted by molar-refractivity contribution is -0.108. The first-order valence-corrected chi connectivity index (χ1v) is 6.33. The van der Waals surface area contributed by atoms with Crippen LogP contribution in [0.15, 0.2) is 53.2 Å². The summed E-state index contributed by atoms with van der Waals surface area (Å²) in [6.45, 7) is 2.58. The van der Waals surface area contributed by atoms with Gasteiger partial charge in [0.15, 0.2) is 0 Å². The molecule has 0 amide bonds. The predicted molar refractivity (Wildman–Crippen MR) is 76.1 cm³/mol. The van der Waals surface area contributed by atoms with Crippen molar-refractivity contribution in [2.75, 3.05) is 0 Å². The van der Waals surface area contributed by atoms with E-state index >= 15 is 0 Å². The first kappa shape index (κ1) is 10.5. The second-order valence-corrected chi connectivity index (χ2v) is 4.93. The van der Waals surface area contributed by atoms with Crippen LogP contribution in [0.1, 0.15) is 12.5 Å². The van der Waals surface area contributed by atoms with E-state index in [1.807, 2.05) is 25.3 Å². The third-order valence-electron chi connectivity index (χ3n) is 3.76. The molecule has 0 radical (unpaired) electrons. The van der Waals surface area contributed by atoms with Gasteiger partial charge in [0, 0.05) is 11.6 Å². The Morgan fingerprint density at radius 1 is 1.21 bits per heavy atom. The number of benzene rings is 1. The maximum atomic E-state index is 12.1. The monoisotopic (exact) mass is 248 g/mol. The normalized spacial score (nSPS) is 17.5. The first-order chi connectivity index (χ1) is 9.25. The van der Waals surface area contributed by atoms with Crippen LogP contribution in [-0.2, 0) is 11.3 Å². The van der Waals surface area contributed by atoms with Crippen molar-refractivity contribution in [2.45, 2.75) is 13.5 Å². The number of allylic oxidation sites excluding steroid dienone is 4. The van der Waals surface area contributed by atoms with Crippen LogP contribution in [-0.4, -0.2) is 16.1 Å². The van der Waals surface area contributed by atoms with Gasteiger partial charge in [0.25, 0.3) is 0 Å². The molecule has 3 nitrogen and oxygen atoms in total. The van der Waals surface area contributed by atoms with Crippen molar-refractivity contribution in [3.05, 3.63) is 53.8 Å². The number of fused-ring (bicyclic) bond motifs is 2. The minimum absolute atomic E-state index is 0.00439. The molecule has 0 saturated heterocycles. The van der Waals surface area contributed by atoms with Crippen LogP contribution < -0.4 is 0 Å². The quantitative estimate of drug-likeness (QED) is 0.660. The number of aromatic nitrogens is 1. The van der Waals surface area contributed by atoms with E-state index < -0.39 is 0 Å². The van der Waals surface area contributed by atoms with Gasteiger partial charge in [-0.25, -0.2) is 0 Å². The van der Waals surface area contributed by atoms with Gasteiger partial charge >= 0.3 is 0 Å². The van der Waals surface area contributed by atoms with Gasteiger partial charge in [-0.3, -0.25) is 9.79 Å². The van der Waals surface area contributed by atoms with E-state index in [1.165, 1.54) is 10.9 Å². The molecule has 1 aliphatic carbocycles. The Labute approximate surface area is 110 Å². The molecule has 0 N–H and O–H groups in total. The third kappa shape index (κ3) is 1.32. The predicted octanol–water partition coefficient (Wildman–Crippen LogP) is 2.97. The SMILES string of the molecule is CC1=C2C(=NCc3cccc4ccn2c34)C(=O)C=C1. The van der Waals surface area contributed by atoms with Gasteiger partial charge < -0.3 is 4.57 Å². The fraction of sp³-hybridized carbons (Fsp3) is 0.125. The summed E-state index contributed by atoms with van der Waals surface area (Å²) in [5, 5.41) is 1.19. The number of hydrogen-bond acceptors (Lipinski definition) is 2. The van der Waals surface area contributed by atoms with Gasteiger partial charge in [0.05, 0.1) is 17.8 Å². The van der Waals surface area contributed by atoms with Crippen molar-refractivity contribution in [2.24, 2.45) is 4.99 Å². The number of hydrogen-bond donors (Lipinski definition) is 0. The minimum atomic E-state index is -0.00439. The van der Waals surface area contributed by atoms with Crippen LogP contribution >= 0.6 is 0 Å². The third-order valence-corrected chi connectivity index (χ3v) is 3.76. The summed E-state index contributed by atoms with van der Waals surface area (Å²) < 4.78 is 2.10. The molecule has 19 heavy (non-hydrogen) atoms. The summed E-state index contributed by atoms with van der Waals surface area (Å²) in [4.78, 5) is 16.6. The zero-order valence-corrected chi connectivity index (χ0v) is 10.6. The van der Waals surface area contributed by atoms with Crippen LogP contribution in [0.25, 0.3) is 16.6 Å². The fourth-order valence-electron chi connectivity index (χ4n) is 2.87. The van der Waals surface area contributed by atoms with Crippen molar-refractivity contribution in [3.8, 4) is 0 Å². The highest BCUT2D eigenvalue weighted by molar-refractivity contribution is 6.59.